The van der Waals surface area contributed by atoms with Crippen LogP contribution < -0.4 is 18.9 Å². The van der Waals surface area contributed by atoms with E-state index in [0.29, 0.717) is 50.9 Å². The number of esters is 1. The maximum absolute atomic E-state index is 14.1. The van der Waals surface area contributed by atoms with Crippen molar-refractivity contribution in [2.75, 3.05) is 28.4 Å². The van der Waals surface area contributed by atoms with Crippen LogP contribution in [0.1, 0.15) is 68.4 Å². The van der Waals surface area contributed by atoms with Crippen LogP contribution in [0.4, 0.5) is 0 Å². The van der Waals surface area contributed by atoms with E-state index in [0.717, 1.165) is 36.8 Å². The Labute approximate surface area is 249 Å². The van der Waals surface area contributed by atoms with Crippen molar-refractivity contribution in [3.05, 3.63) is 57.2 Å². The number of aliphatic imine (C=N–C) groups is 1. The van der Waals surface area contributed by atoms with E-state index in [2.05, 4.69) is 15.9 Å². The average Bonchev–Trinajstić information content (AvgIpc) is 3.48. The van der Waals surface area contributed by atoms with Crippen LogP contribution in [0, 0.1) is 5.92 Å². The van der Waals surface area contributed by atoms with Gasteiger partial charge in [0.05, 0.1) is 32.9 Å². The number of rotatable bonds is 8. The monoisotopic (exact) mass is 625 g/mol. The van der Waals surface area contributed by atoms with Gasteiger partial charge in [0.2, 0.25) is 0 Å². The Morgan fingerprint density at radius 1 is 0.878 bits per heavy atom. The topological polar surface area (TPSA) is 92.7 Å². The number of hydrogen-bond acceptors (Lipinski definition) is 8. The number of hydrogen-bond donors (Lipinski definition) is 0. The van der Waals surface area contributed by atoms with Gasteiger partial charge in [0.15, 0.2) is 28.8 Å². The Balaban J connectivity index is 1.59. The molecule has 1 saturated carbocycles. The second-order valence-electron chi connectivity index (χ2n) is 10.8. The SMILES string of the molecule is COc1ccc([C@H]2CC(=O)C3=C(C2)N=C(C)C(C(=O)OC2CCCC2)[C@H]3c2cc(Br)c(OC)c(OC)c2)cc1OC. The zero-order chi connectivity index (χ0) is 29.3. The van der Waals surface area contributed by atoms with Crippen LogP contribution in [0.2, 0.25) is 0 Å². The Morgan fingerprint density at radius 2 is 1.56 bits per heavy atom. The number of halogens is 1. The highest BCUT2D eigenvalue weighted by Gasteiger charge is 2.46. The average molecular weight is 627 g/mol. The number of ether oxygens (including phenoxy) is 5. The number of carbonyl (C=O) groups is 2. The Morgan fingerprint density at radius 3 is 2.22 bits per heavy atom. The predicted molar refractivity (Wildman–Crippen MR) is 158 cm³/mol. The molecule has 2 aromatic rings. The number of Topliss-reactive ketones (excluding diaryl/α,β-unsaturated/α-hetero) is 1. The van der Waals surface area contributed by atoms with Crippen LogP contribution in [-0.2, 0) is 14.3 Å². The third kappa shape index (κ3) is 5.61. The molecular formula is C32H36BrNO7. The summed E-state index contributed by atoms with van der Waals surface area (Å²) in [6.07, 6.45) is 4.57. The summed E-state index contributed by atoms with van der Waals surface area (Å²) in [4.78, 5) is 32.7. The van der Waals surface area contributed by atoms with Gasteiger partial charge in [-0.05, 0) is 96.3 Å². The molecule has 0 N–H and O–H groups in total. The highest BCUT2D eigenvalue weighted by atomic mass is 79.9. The first-order valence-electron chi connectivity index (χ1n) is 13.9. The van der Waals surface area contributed by atoms with Crippen molar-refractivity contribution >= 4 is 33.4 Å². The van der Waals surface area contributed by atoms with Gasteiger partial charge >= 0.3 is 5.97 Å². The quantitative estimate of drug-likeness (QED) is 0.307. The smallest absolute Gasteiger partial charge is 0.315 e. The van der Waals surface area contributed by atoms with E-state index < -0.39 is 11.8 Å². The van der Waals surface area contributed by atoms with Crippen molar-refractivity contribution in [2.24, 2.45) is 10.9 Å². The highest BCUT2D eigenvalue weighted by Crippen LogP contribution is 2.50. The lowest BCUT2D eigenvalue weighted by atomic mass is 9.69. The van der Waals surface area contributed by atoms with E-state index in [-0.39, 0.29) is 30.2 Å². The van der Waals surface area contributed by atoms with Crippen molar-refractivity contribution in [3.63, 3.8) is 0 Å². The Kier molecular flexibility index (Phi) is 8.73. The van der Waals surface area contributed by atoms with E-state index in [9.17, 15) is 9.59 Å². The highest BCUT2D eigenvalue weighted by molar-refractivity contribution is 9.10. The number of carbonyl (C=O) groups excluding carboxylic acids is 2. The molecular weight excluding hydrogens is 590 g/mol. The van der Waals surface area contributed by atoms with Gasteiger partial charge in [-0.25, -0.2) is 0 Å². The summed E-state index contributed by atoms with van der Waals surface area (Å²) in [7, 11) is 6.33. The maximum atomic E-state index is 14.1. The van der Waals surface area contributed by atoms with E-state index in [1.807, 2.05) is 37.3 Å². The molecule has 3 atom stereocenters. The van der Waals surface area contributed by atoms with E-state index in [1.165, 1.54) is 0 Å². The lowest BCUT2D eigenvalue weighted by molar-refractivity contribution is -0.151. The van der Waals surface area contributed by atoms with Crippen LogP contribution in [0.15, 0.2) is 51.1 Å². The lowest BCUT2D eigenvalue weighted by Gasteiger charge is -2.37. The molecule has 0 spiro atoms. The lowest BCUT2D eigenvalue weighted by Crippen LogP contribution is -2.39. The van der Waals surface area contributed by atoms with Gasteiger partial charge in [0.25, 0.3) is 0 Å². The fraction of sp³-hybridized carbons (Fsp3) is 0.469. The minimum atomic E-state index is -0.721. The summed E-state index contributed by atoms with van der Waals surface area (Å²) < 4.78 is 28.8. The molecule has 0 bridgehead atoms. The van der Waals surface area contributed by atoms with Gasteiger partial charge in [-0.3, -0.25) is 14.6 Å². The zero-order valence-corrected chi connectivity index (χ0v) is 25.7. The molecule has 1 fully saturated rings. The first-order valence-corrected chi connectivity index (χ1v) is 14.7. The van der Waals surface area contributed by atoms with Crippen LogP contribution in [-0.4, -0.2) is 52.0 Å². The van der Waals surface area contributed by atoms with Crippen LogP contribution in [0.25, 0.3) is 0 Å². The normalized spacial score (nSPS) is 22.6. The fourth-order valence-corrected chi connectivity index (χ4v) is 7.05. The molecule has 0 radical (unpaired) electrons. The third-order valence-electron chi connectivity index (χ3n) is 8.42. The number of methoxy groups -OCH3 is 4. The van der Waals surface area contributed by atoms with Crippen LogP contribution in [0.3, 0.4) is 0 Å². The number of allylic oxidation sites excluding steroid dienone is 2. The van der Waals surface area contributed by atoms with Crippen molar-refractivity contribution in [2.45, 2.75) is 63.4 Å². The molecule has 3 aliphatic rings. The molecule has 1 heterocycles. The number of benzene rings is 2. The summed E-state index contributed by atoms with van der Waals surface area (Å²) in [5.74, 6) is 0.557. The molecule has 2 aliphatic carbocycles. The van der Waals surface area contributed by atoms with E-state index in [4.69, 9.17) is 28.7 Å². The second kappa shape index (κ2) is 12.3. The van der Waals surface area contributed by atoms with Crippen LogP contribution in [0.5, 0.6) is 23.0 Å². The Bertz CT molecular complexity index is 1410. The summed E-state index contributed by atoms with van der Waals surface area (Å²) in [6, 6.07) is 9.50. The second-order valence-corrected chi connectivity index (χ2v) is 11.6. The van der Waals surface area contributed by atoms with E-state index >= 15 is 0 Å². The molecule has 218 valence electrons. The standard InChI is InChI=1S/C32H36BrNO7/c1-17-28(32(36)41-21-8-6-7-9-21)29(20-12-22(33)31(40-5)27(16-20)39-4)30-23(34-17)13-19(14-24(30)35)18-10-11-25(37-2)26(15-18)38-3/h10-12,15-16,19,21,28-29H,6-9,13-14H2,1-5H3/t19-,28?,29-/m1/s1. The number of ketones is 1. The molecule has 9 heteroatoms. The molecule has 1 aliphatic heterocycles. The third-order valence-corrected chi connectivity index (χ3v) is 9.01. The molecule has 0 amide bonds. The van der Waals surface area contributed by atoms with Gasteiger partial charge in [-0.1, -0.05) is 6.07 Å². The summed E-state index contributed by atoms with van der Waals surface area (Å²) in [5, 5.41) is 0. The first kappa shape index (κ1) is 29.2. The molecule has 2 aromatic carbocycles. The maximum Gasteiger partial charge on any atom is 0.315 e. The van der Waals surface area contributed by atoms with Crippen molar-refractivity contribution in [3.8, 4) is 23.0 Å². The molecule has 8 nitrogen and oxygen atoms in total. The molecule has 0 saturated heterocycles. The molecule has 0 aromatic heterocycles. The van der Waals surface area contributed by atoms with Crippen LogP contribution >= 0.6 is 15.9 Å². The molecule has 1 unspecified atom stereocenters. The fourth-order valence-electron chi connectivity index (χ4n) is 6.43. The first-order chi connectivity index (χ1) is 19.8. The number of nitrogens with zero attached hydrogens (tertiary/aromatic N) is 1. The Hall–Kier alpha value is -3.33. The van der Waals surface area contributed by atoms with Gasteiger partial charge in [-0.15, -0.1) is 0 Å². The van der Waals surface area contributed by atoms with Crippen molar-refractivity contribution in [1.82, 2.24) is 0 Å². The van der Waals surface area contributed by atoms with Gasteiger partial charge in [0.1, 0.15) is 12.0 Å². The van der Waals surface area contributed by atoms with E-state index in [1.54, 1.807) is 28.4 Å². The minimum Gasteiger partial charge on any atom is -0.493 e. The van der Waals surface area contributed by atoms with Gasteiger partial charge < -0.3 is 23.7 Å². The zero-order valence-electron chi connectivity index (χ0n) is 24.1. The van der Waals surface area contributed by atoms with Crippen molar-refractivity contribution < 1.29 is 33.3 Å². The minimum absolute atomic E-state index is 0.0307. The molecule has 41 heavy (non-hydrogen) atoms. The molecule has 5 rings (SSSR count). The van der Waals surface area contributed by atoms with Gasteiger partial charge in [-0.2, -0.15) is 0 Å². The predicted octanol–water partition coefficient (Wildman–Crippen LogP) is 6.54. The summed E-state index contributed by atoms with van der Waals surface area (Å²) in [6.45, 7) is 1.86. The van der Waals surface area contributed by atoms with Crippen molar-refractivity contribution in [1.29, 1.82) is 0 Å². The summed E-state index contributed by atoms with van der Waals surface area (Å²) in [5.41, 5.74) is 3.66. The summed E-state index contributed by atoms with van der Waals surface area (Å²) >= 11 is 3.60. The largest absolute Gasteiger partial charge is 0.493 e. The van der Waals surface area contributed by atoms with Gasteiger partial charge in [0, 0.05) is 29.3 Å².